The molecular formula is C18H11F2NO4S2. The van der Waals surface area contributed by atoms with Crippen LogP contribution in [-0.4, -0.2) is 14.4 Å². The van der Waals surface area contributed by atoms with Gasteiger partial charge in [0.05, 0.1) is 4.90 Å². The second kappa shape index (κ2) is 6.22. The number of thiophene rings is 1. The van der Waals surface area contributed by atoms with Crippen LogP contribution in [0.15, 0.2) is 47.4 Å². The predicted molar refractivity (Wildman–Crippen MR) is 95.6 cm³/mol. The van der Waals surface area contributed by atoms with Crippen molar-refractivity contribution in [1.29, 1.82) is 0 Å². The van der Waals surface area contributed by atoms with Gasteiger partial charge in [0.1, 0.15) is 11.5 Å². The van der Waals surface area contributed by atoms with Crippen LogP contribution >= 0.6 is 11.3 Å². The number of hydrogen-bond donors (Lipinski definition) is 1. The molecule has 0 atom stereocenters. The third kappa shape index (κ3) is 3.03. The Hall–Kier alpha value is -2.62. The number of cyclic esters (lactones) is 1. The number of sulfonamides is 1. The Kier molecular flexibility index (Phi) is 4.10. The molecule has 4 rings (SSSR count). The minimum absolute atomic E-state index is 0.0557. The molecule has 27 heavy (non-hydrogen) atoms. The van der Waals surface area contributed by atoms with E-state index in [9.17, 15) is 22.0 Å². The van der Waals surface area contributed by atoms with Crippen LogP contribution < -0.4 is 5.14 Å². The molecule has 9 heteroatoms. The van der Waals surface area contributed by atoms with Gasteiger partial charge in [-0.1, -0.05) is 18.2 Å². The average Bonchev–Trinajstić information content (AvgIpc) is 3.17. The minimum Gasteiger partial charge on any atom is -0.457 e. The van der Waals surface area contributed by atoms with E-state index in [0.29, 0.717) is 32.0 Å². The lowest BCUT2D eigenvalue weighted by molar-refractivity contribution is 0.0538. The van der Waals surface area contributed by atoms with Crippen LogP contribution in [0.3, 0.4) is 0 Å². The van der Waals surface area contributed by atoms with Crippen LogP contribution in [0, 0.1) is 11.6 Å². The molecule has 2 aromatic carbocycles. The fourth-order valence-electron chi connectivity index (χ4n) is 2.93. The molecule has 1 aliphatic rings. The Labute approximate surface area is 157 Å². The van der Waals surface area contributed by atoms with Gasteiger partial charge in [0, 0.05) is 16.0 Å². The number of ether oxygens (including phenoxy) is 1. The number of carbonyl (C=O) groups is 1. The minimum atomic E-state index is -3.85. The first-order valence-electron chi connectivity index (χ1n) is 7.67. The maximum absolute atomic E-state index is 13.7. The van der Waals surface area contributed by atoms with Gasteiger partial charge in [0.2, 0.25) is 10.0 Å². The lowest BCUT2D eigenvalue weighted by atomic mass is 9.98. The smallest absolute Gasteiger partial charge is 0.349 e. The summed E-state index contributed by atoms with van der Waals surface area (Å²) in [7, 11) is -3.85. The van der Waals surface area contributed by atoms with Crippen molar-refractivity contribution >= 4 is 27.3 Å². The number of esters is 1. The lowest BCUT2D eigenvalue weighted by Crippen LogP contribution is -2.11. The highest BCUT2D eigenvalue weighted by molar-refractivity contribution is 7.89. The molecule has 0 spiro atoms. The van der Waals surface area contributed by atoms with Gasteiger partial charge in [-0.15, -0.1) is 11.3 Å². The van der Waals surface area contributed by atoms with E-state index in [2.05, 4.69) is 0 Å². The number of carbonyl (C=O) groups excluding carboxylic acids is 1. The van der Waals surface area contributed by atoms with Crippen LogP contribution in [0.1, 0.15) is 15.2 Å². The van der Waals surface area contributed by atoms with Crippen molar-refractivity contribution in [1.82, 2.24) is 0 Å². The number of nitrogens with two attached hydrogens (primary N) is 1. The molecule has 3 aromatic rings. The van der Waals surface area contributed by atoms with E-state index in [-0.39, 0.29) is 11.5 Å². The Morgan fingerprint density at radius 1 is 0.963 bits per heavy atom. The summed E-state index contributed by atoms with van der Waals surface area (Å²) in [5.74, 6) is -2.45. The summed E-state index contributed by atoms with van der Waals surface area (Å²) in [5.41, 5.74) is 2.27. The van der Waals surface area contributed by atoms with Crippen LogP contribution in [0.4, 0.5) is 8.78 Å². The second-order valence-corrected chi connectivity index (χ2v) is 8.47. The SMILES string of the molecule is NS(=O)(=O)c1ccc(-c2c(-c3ccc(F)c(F)c3)sc3c2COC3=O)cc1. The summed E-state index contributed by atoms with van der Waals surface area (Å²) in [6.07, 6.45) is 0. The van der Waals surface area contributed by atoms with E-state index in [1.54, 1.807) is 12.1 Å². The van der Waals surface area contributed by atoms with Crippen molar-refractivity contribution < 1.29 is 26.7 Å². The first kappa shape index (κ1) is 17.8. The molecule has 0 radical (unpaired) electrons. The highest BCUT2D eigenvalue weighted by Gasteiger charge is 2.31. The molecular weight excluding hydrogens is 396 g/mol. The molecule has 0 saturated heterocycles. The van der Waals surface area contributed by atoms with Crippen molar-refractivity contribution in [3.63, 3.8) is 0 Å². The van der Waals surface area contributed by atoms with Crippen molar-refractivity contribution in [2.75, 3.05) is 0 Å². The maximum Gasteiger partial charge on any atom is 0.349 e. The summed E-state index contributed by atoms with van der Waals surface area (Å²) in [6, 6.07) is 9.30. The van der Waals surface area contributed by atoms with E-state index in [1.165, 1.54) is 18.2 Å². The van der Waals surface area contributed by atoms with Gasteiger partial charge in [0.25, 0.3) is 0 Å². The Balaban J connectivity index is 1.93. The summed E-state index contributed by atoms with van der Waals surface area (Å²) in [4.78, 5) is 12.9. The Bertz CT molecular complexity index is 1180. The Morgan fingerprint density at radius 3 is 2.26 bits per heavy atom. The van der Waals surface area contributed by atoms with Gasteiger partial charge in [-0.25, -0.2) is 27.1 Å². The molecule has 2 N–H and O–H groups in total. The summed E-state index contributed by atoms with van der Waals surface area (Å²) in [6.45, 7) is 0.0562. The standard InChI is InChI=1S/C18H11F2NO4S2/c19-13-6-3-10(7-14(13)20)16-15(12-8-25-18(22)17(12)26-16)9-1-4-11(5-2-9)27(21,23)24/h1-7H,8H2,(H2,21,23,24). The van der Waals surface area contributed by atoms with Gasteiger partial charge in [-0.3, -0.25) is 0 Å². The molecule has 0 fully saturated rings. The topological polar surface area (TPSA) is 86.5 Å². The molecule has 0 unspecified atom stereocenters. The van der Waals surface area contributed by atoms with Crippen LogP contribution in [0.5, 0.6) is 0 Å². The van der Waals surface area contributed by atoms with Crippen molar-refractivity contribution in [2.45, 2.75) is 11.5 Å². The van der Waals surface area contributed by atoms with E-state index in [4.69, 9.17) is 9.88 Å². The first-order chi connectivity index (χ1) is 12.8. The number of fused-ring (bicyclic) bond motifs is 1. The highest BCUT2D eigenvalue weighted by Crippen LogP contribution is 2.46. The maximum atomic E-state index is 13.7. The van der Waals surface area contributed by atoms with Crippen molar-refractivity contribution in [3.05, 3.63) is 64.5 Å². The van der Waals surface area contributed by atoms with Gasteiger partial charge >= 0.3 is 5.97 Å². The second-order valence-electron chi connectivity index (χ2n) is 5.89. The average molecular weight is 407 g/mol. The van der Waals surface area contributed by atoms with Crippen LogP contribution in [0.25, 0.3) is 21.6 Å². The molecule has 1 aliphatic heterocycles. The zero-order chi connectivity index (χ0) is 19.3. The summed E-state index contributed by atoms with van der Waals surface area (Å²) < 4.78 is 55.0. The van der Waals surface area contributed by atoms with Crippen molar-refractivity contribution in [3.8, 4) is 21.6 Å². The van der Waals surface area contributed by atoms with Gasteiger partial charge in [0.15, 0.2) is 11.6 Å². The fraction of sp³-hybridized carbons (Fsp3) is 0.0556. The quantitative estimate of drug-likeness (QED) is 0.671. The number of hydrogen-bond acceptors (Lipinski definition) is 5. The zero-order valence-corrected chi connectivity index (χ0v) is 15.2. The third-order valence-corrected chi connectivity index (χ3v) is 6.38. The van der Waals surface area contributed by atoms with Gasteiger partial charge in [-0.2, -0.15) is 0 Å². The number of rotatable bonds is 3. The molecule has 0 saturated carbocycles. The number of halogens is 2. The Morgan fingerprint density at radius 2 is 1.63 bits per heavy atom. The molecule has 0 bridgehead atoms. The molecule has 0 aliphatic carbocycles. The molecule has 1 aromatic heterocycles. The fourth-order valence-corrected chi connectivity index (χ4v) is 4.66. The van der Waals surface area contributed by atoms with Gasteiger partial charge in [-0.05, 0) is 35.4 Å². The van der Waals surface area contributed by atoms with Crippen molar-refractivity contribution in [2.24, 2.45) is 5.14 Å². The van der Waals surface area contributed by atoms with Crippen LogP contribution in [0.2, 0.25) is 0 Å². The number of primary sulfonamides is 1. The van der Waals surface area contributed by atoms with E-state index in [0.717, 1.165) is 23.5 Å². The summed E-state index contributed by atoms with van der Waals surface area (Å²) >= 11 is 1.12. The highest BCUT2D eigenvalue weighted by atomic mass is 32.2. The lowest BCUT2D eigenvalue weighted by Gasteiger charge is -2.09. The normalized spacial score (nSPS) is 13.5. The largest absolute Gasteiger partial charge is 0.457 e. The van der Waals surface area contributed by atoms with E-state index >= 15 is 0 Å². The van der Waals surface area contributed by atoms with Gasteiger partial charge < -0.3 is 4.74 Å². The van der Waals surface area contributed by atoms with E-state index in [1.807, 2.05) is 0 Å². The first-order valence-corrected chi connectivity index (χ1v) is 10.0. The molecule has 5 nitrogen and oxygen atoms in total. The zero-order valence-electron chi connectivity index (χ0n) is 13.5. The molecule has 138 valence electrons. The van der Waals surface area contributed by atoms with E-state index < -0.39 is 27.6 Å². The predicted octanol–water partition coefficient (Wildman–Crippen LogP) is 3.68. The third-order valence-electron chi connectivity index (χ3n) is 4.19. The van der Waals surface area contributed by atoms with Crippen LogP contribution in [-0.2, 0) is 21.4 Å². The monoisotopic (exact) mass is 407 g/mol. The summed E-state index contributed by atoms with van der Waals surface area (Å²) in [5, 5.41) is 5.12. The molecule has 2 heterocycles. The molecule has 0 amide bonds. The number of benzene rings is 2.